The standard InChI is InChI=1S/C13H19NO.2C2H6/c1-10(2)14(9-15)8-13-7-11(3)5-6-12(13)4;2*1-2/h5-7,9-10H,8H2,1-4H3;2*1-2H3. The van der Waals surface area contributed by atoms with E-state index in [0.717, 1.165) is 6.41 Å². The molecule has 0 aliphatic carbocycles. The van der Waals surface area contributed by atoms with Gasteiger partial charge in [0.05, 0.1) is 0 Å². The third kappa shape index (κ3) is 7.66. The number of hydrogen-bond acceptors (Lipinski definition) is 1. The van der Waals surface area contributed by atoms with Crippen LogP contribution in [-0.2, 0) is 11.3 Å². The molecule has 0 atom stereocenters. The Bertz CT molecular complexity index is 345. The van der Waals surface area contributed by atoms with E-state index >= 15 is 0 Å². The summed E-state index contributed by atoms with van der Waals surface area (Å²) in [6.45, 7) is 16.9. The van der Waals surface area contributed by atoms with Gasteiger partial charge in [-0.2, -0.15) is 0 Å². The number of carbonyl (C=O) groups excluding carboxylic acids is 1. The molecular weight excluding hydrogens is 234 g/mol. The topological polar surface area (TPSA) is 20.3 Å². The molecule has 0 fully saturated rings. The molecule has 0 N–H and O–H groups in total. The molecule has 110 valence electrons. The van der Waals surface area contributed by atoms with Gasteiger partial charge < -0.3 is 4.90 Å². The molecule has 0 aromatic heterocycles. The summed E-state index contributed by atoms with van der Waals surface area (Å²) in [4.78, 5) is 12.7. The van der Waals surface area contributed by atoms with Gasteiger partial charge in [-0.15, -0.1) is 0 Å². The van der Waals surface area contributed by atoms with E-state index in [-0.39, 0.29) is 6.04 Å². The molecule has 1 aromatic rings. The molecule has 1 aromatic carbocycles. The lowest BCUT2D eigenvalue weighted by atomic mass is 10.1. The number of nitrogens with zero attached hydrogens (tertiary/aromatic N) is 1. The SMILES string of the molecule is CC.CC.Cc1ccc(C)c(CN(C=O)C(C)C)c1. The number of amides is 1. The van der Waals surface area contributed by atoms with E-state index in [0.29, 0.717) is 6.54 Å². The monoisotopic (exact) mass is 265 g/mol. The Morgan fingerprint density at radius 3 is 2.05 bits per heavy atom. The molecule has 1 rings (SSSR count). The highest BCUT2D eigenvalue weighted by molar-refractivity contribution is 5.48. The summed E-state index contributed by atoms with van der Waals surface area (Å²) in [6.07, 6.45) is 0.923. The van der Waals surface area contributed by atoms with Gasteiger partial charge in [0, 0.05) is 12.6 Å². The minimum atomic E-state index is 0.252. The van der Waals surface area contributed by atoms with E-state index in [1.165, 1.54) is 16.7 Å². The fourth-order valence-electron chi connectivity index (χ4n) is 1.51. The zero-order valence-electron chi connectivity index (χ0n) is 13.9. The van der Waals surface area contributed by atoms with Crippen LogP contribution in [0, 0.1) is 13.8 Å². The van der Waals surface area contributed by atoms with Crippen LogP contribution in [0.5, 0.6) is 0 Å². The van der Waals surface area contributed by atoms with E-state index in [9.17, 15) is 4.79 Å². The van der Waals surface area contributed by atoms with Crippen LogP contribution in [0.3, 0.4) is 0 Å². The van der Waals surface area contributed by atoms with Crippen LogP contribution in [-0.4, -0.2) is 17.4 Å². The molecule has 0 aliphatic rings. The van der Waals surface area contributed by atoms with Crippen LogP contribution in [0.4, 0.5) is 0 Å². The van der Waals surface area contributed by atoms with Crippen LogP contribution < -0.4 is 0 Å². The highest BCUT2D eigenvalue weighted by Crippen LogP contribution is 2.13. The van der Waals surface area contributed by atoms with Crippen molar-refractivity contribution >= 4 is 6.41 Å². The summed E-state index contributed by atoms with van der Waals surface area (Å²) < 4.78 is 0. The molecule has 19 heavy (non-hydrogen) atoms. The van der Waals surface area contributed by atoms with Crippen molar-refractivity contribution in [2.45, 2.75) is 68.0 Å². The van der Waals surface area contributed by atoms with Crippen molar-refractivity contribution in [3.63, 3.8) is 0 Å². The highest BCUT2D eigenvalue weighted by atomic mass is 16.1. The number of aryl methyl sites for hydroxylation is 2. The fraction of sp³-hybridized carbons (Fsp3) is 0.588. The molecule has 0 saturated carbocycles. The third-order valence-electron chi connectivity index (χ3n) is 2.66. The lowest BCUT2D eigenvalue weighted by Gasteiger charge is -2.22. The van der Waals surface area contributed by atoms with Crippen LogP contribution in [0.25, 0.3) is 0 Å². The van der Waals surface area contributed by atoms with Crippen molar-refractivity contribution in [2.75, 3.05) is 0 Å². The number of rotatable bonds is 4. The maximum absolute atomic E-state index is 10.9. The summed E-state index contributed by atoms with van der Waals surface area (Å²) in [6, 6.07) is 6.60. The fourth-order valence-corrected chi connectivity index (χ4v) is 1.51. The average molecular weight is 265 g/mol. The summed E-state index contributed by atoms with van der Waals surface area (Å²) in [5, 5.41) is 0. The number of benzene rings is 1. The maximum atomic E-state index is 10.9. The summed E-state index contributed by atoms with van der Waals surface area (Å²) in [7, 11) is 0. The van der Waals surface area contributed by atoms with Gasteiger partial charge in [0.15, 0.2) is 0 Å². The number of carbonyl (C=O) groups is 1. The Morgan fingerprint density at radius 1 is 1.11 bits per heavy atom. The Morgan fingerprint density at radius 2 is 1.63 bits per heavy atom. The molecule has 0 heterocycles. The average Bonchev–Trinajstić information content (AvgIpc) is 2.43. The quantitative estimate of drug-likeness (QED) is 0.721. The highest BCUT2D eigenvalue weighted by Gasteiger charge is 2.08. The van der Waals surface area contributed by atoms with Gasteiger partial charge in [-0.05, 0) is 38.8 Å². The Hall–Kier alpha value is -1.31. The van der Waals surface area contributed by atoms with E-state index in [1.807, 2.05) is 46.4 Å². The van der Waals surface area contributed by atoms with Crippen molar-refractivity contribution in [3.8, 4) is 0 Å². The largest absolute Gasteiger partial charge is 0.338 e. The van der Waals surface area contributed by atoms with Crippen molar-refractivity contribution < 1.29 is 4.79 Å². The summed E-state index contributed by atoms with van der Waals surface area (Å²) >= 11 is 0. The first-order valence-electron chi connectivity index (χ1n) is 7.31. The smallest absolute Gasteiger partial charge is 0.210 e. The molecule has 0 aliphatic heterocycles. The summed E-state index contributed by atoms with van der Waals surface area (Å²) in [5.74, 6) is 0. The minimum Gasteiger partial charge on any atom is -0.338 e. The molecule has 0 spiro atoms. The molecule has 0 bridgehead atoms. The van der Waals surface area contributed by atoms with Crippen LogP contribution in [0.2, 0.25) is 0 Å². The zero-order valence-corrected chi connectivity index (χ0v) is 13.9. The lowest BCUT2D eigenvalue weighted by molar-refractivity contribution is -0.120. The molecule has 2 heteroatoms. The second-order valence-corrected chi connectivity index (χ2v) is 4.30. The predicted molar refractivity (Wildman–Crippen MR) is 85.4 cm³/mol. The second-order valence-electron chi connectivity index (χ2n) is 4.30. The van der Waals surface area contributed by atoms with Crippen molar-refractivity contribution in [1.82, 2.24) is 4.90 Å². The van der Waals surface area contributed by atoms with Crippen molar-refractivity contribution in [2.24, 2.45) is 0 Å². The van der Waals surface area contributed by atoms with E-state index in [4.69, 9.17) is 0 Å². The van der Waals surface area contributed by atoms with Gasteiger partial charge in [0.1, 0.15) is 0 Å². The van der Waals surface area contributed by atoms with Gasteiger partial charge in [-0.1, -0.05) is 51.5 Å². The molecule has 0 saturated heterocycles. The van der Waals surface area contributed by atoms with E-state index < -0.39 is 0 Å². The minimum absolute atomic E-state index is 0.252. The van der Waals surface area contributed by atoms with E-state index in [2.05, 4.69) is 32.0 Å². The normalized spacial score (nSPS) is 8.89. The Kier molecular flexibility index (Phi) is 12.4. The predicted octanol–water partition coefficient (Wildman–Crippen LogP) is 4.72. The second kappa shape index (κ2) is 11.8. The lowest BCUT2D eigenvalue weighted by Crippen LogP contribution is -2.29. The van der Waals surface area contributed by atoms with Gasteiger partial charge in [0.25, 0.3) is 0 Å². The van der Waals surface area contributed by atoms with Crippen LogP contribution in [0.15, 0.2) is 18.2 Å². The third-order valence-corrected chi connectivity index (χ3v) is 2.66. The van der Waals surface area contributed by atoms with Crippen molar-refractivity contribution in [1.29, 1.82) is 0 Å². The molecule has 2 nitrogen and oxygen atoms in total. The first-order valence-corrected chi connectivity index (χ1v) is 7.31. The Labute approximate surface area is 119 Å². The van der Waals surface area contributed by atoms with Crippen LogP contribution in [0.1, 0.15) is 58.2 Å². The molecule has 0 radical (unpaired) electrons. The van der Waals surface area contributed by atoms with Gasteiger partial charge in [-0.3, -0.25) is 4.79 Å². The van der Waals surface area contributed by atoms with Gasteiger partial charge in [-0.25, -0.2) is 0 Å². The first kappa shape index (κ1) is 20.0. The first-order chi connectivity index (χ1) is 9.04. The summed E-state index contributed by atoms with van der Waals surface area (Å²) in [5.41, 5.74) is 3.72. The maximum Gasteiger partial charge on any atom is 0.210 e. The molecular formula is C17H31NO. The zero-order chi connectivity index (χ0) is 15.4. The van der Waals surface area contributed by atoms with E-state index in [1.54, 1.807) is 0 Å². The number of hydrogen-bond donors (Lipinski definition) is 0. The Balaban J connectivity index is 0. The van der Waals surface area contributed by atoms with Gasteiger partial charge >= 0.3 is 0 Å². The molecule has 0 unspecified atom stereocenters. The van der Waals surface area contributed by atoms with Crippen LogP contribution >= 0.6 is 0 Å². The van der Waals surface area contributed by atoms with Crippen molar-refractivity contribution in [3.05, 3.63) is 34.9 Å². The molecule has 1 amide bonds. The van der Waals surface area contributed by atoms with Gasteiger partial charge in [0.2, 0.25) is 6.41 Å².